The summed E-state index contributed by atoms with van der Waals surface area (Å²) in [4.78, 5) is 4.72. The van der Waals surface area contributed by atoms with Crippen molar-refractivity contribution in [1.29, 1.82) is 0 Å². The summed E-state index contributed by atoms with van der Waals surface area (Å²) in [7, 11) is 0. The molecule has 0 aliphatic heterocycles. The van der Waals surface area contributed by atoms with E-state index in [1.807, 2.05) is 0 Å². The van der Waals surface area contributed by atoms with Crippen LogP contribution in [0, 0.1) is 83.1 Å². The van der Waals surface area contributed by atoms with Crippen LogP contribution in [0.3, 0.4) is 0 Å². The number of anilines is 6. The van der Waals surface area contributed by atoms with Crippen molar-refractivity contribution in [3.05, 3.63) is 164 Å². The van der Waals surface area contributed by atoms with Crippen molar-refractivity contribution < 1.29 is 9.47 Å². The molecule has 4 nitrogen and oxygen atoms in total. The second kappa shape index (κ2) is 15.2. The molecule has 272 valence electrons. The molecule has 0 saturated carbocycles. The fraction of sp³-hybridized carbons (Fsp3) is 0.265. The maximum atomic E-state index is 6.72. The van der Waals surface area contributed by atoms with Crippen molar-refractivity contribution >= 4 is 34.1 Å². The van der Waals surface area contributed by atoms with Crippen molar-refractivity contribution in [1.82, 2.24) is 0 Å². The van der Waals surface area contributed by atoms with Gasteiger partial charge in [-0.2, -0.15) is 0 Å². The van der Waals surface area contributed by atoms with E-state index in [0.717, 1.165) is 67.9 Å². The highest BCUT2D eigenvalue weighted by Crippen LogP contribution is 2.47. The molecule has 0 unspecified atom stereocenters. The molecule has 0 aromatic heterocycles. The molecule has 0 spiro atoms. The molecule has 4 heteroatoms. The van der Waals surface area contributed by atoms with E-state index >= 15 is 0 Å². The lowest BCUT2D eigenvalue weighted by atomic mass is 9.95. The summed E-state index contributed by atoms with van der Waals surface area (Å²) >= 11 is 0. The summed E-state index contributed by atoms with van der Waals surface area (Å²) in [6, 6.07) is 35.0. The van der Waals surface area contributed by atoms with E-state index in [-0.39, 0.29) is 6.79 Å². The third kappa shape index (κ3) is 7.28. The van der Waals surface area contributed by atoms with E-state index < -0.39 is 0 Å². The summed E-state index contributed by atoms with van der Waals surface area (Å²) in [5.41, 5.74) is 20.9. The van der Waals surface area contributed by atoms with Crippen LogP contribution < -0.4 is 19.3 Å². The van der Waals surface area contributed by atoms with E-state index in [2.05, 4.69) is 190 Å². The molecule has 0 fully saturated rings. The van der Waals surface area contributed by atoms with Crippen LogP contribution >= 0.6 is 0 Å². The molecule has 0 amide bonds. The average Bonchev–Trinajstić information content (AvgIpc) is 3.15. The van der Waals surface area contributed by atoms with Crippen LogP contribution in [0.1, 0.15) is 66.8 Å². The molecule has 0 saturated heterocycles. The van der Waals surface area contributed by atoms with E-state index in [1.54, 1.807) is 0 Å². The zero-order valence-electron chi connectivity index (χ0n) is 33.7. The molecular formula is C49H54N2O2. The number of aryl methyl sites for hydroxylation is 4. The van der Waals surface area contributed by atoms with Gasteiger partial charge in [0.2, 0.25) is 6.79 Å². The molecule has 6 aromatic rings. The van der Waals surface area contributed by atoms with Gasteiger partial charge in [-0.3, -0.25) is 0 Å². The van der Waals surface area contributed by atoms with Gasteiger partial charge in [0.25, 0.3) is 0 Å². The van der Waals surface area contributed by atoms with Gasteiger partial charge in [-0.05, 0) is 165 Å². The number of hydrogen-bond donors (Lipinski definition) is 0. The predicted molar refractivity (Wildman–Crippen MR) is 225 cm³/mol. The third-order valence-corrected chi connectivity index (χ3v) is 11.1. The smallest absolute Gasteiger partial charge is 0.230 e. The van der Waals surface area contributed by atoms with Crippen molar-refractivity contribution in [3.8, 4) is 11.5 Å². The Balaban J connectivity index is 1.41. The van der Waals surface area contributed by atoms with Crippen LogP contribution in [0.2, 0.25) is 0 Å². The Bertz CT molecular complexity index is 2000. The van der Waals surface area contributed by atoms with Crippen molar-refractivity contribution in [2.45, 2.75) is 83.1 Å². The first-order chi connectivity index (χ1) is 25.3. The topological polar surface area (TPSA) is 24.9 Å². The van der Waals surface area contributed by atoms with E-state index in [9.17, 15) is 0 Å². The van der Waals surface area contributed by atoms with Crippen LogP contribution in [-0.2, 0) is 0 Å². The predicted octanol–water partition coefficient (Wildman–Crippen LogP) is 13.7. The highest BCUT2D eigenvalue weighted by Gasteiger charge is 2.26. The Morgan fingerprint density at radius 2 is 0.547 bits per heavy atom. The molecule has 0 aliphatic carbocycles. The molecule has 0 radical (unpaired) electrons. The number of rotatable bonds is 10. The lowest BCUT2D eigenvalue weighted by Gasteiger charge is -2.32. The maximum absolute atomic E-state index is 6.72. The number of ether oxygens (including phenoxy) is 2. The fourth-order valence-corrected chi connectivity index (χ4v) is 7.44. The molecule has 6 aromatic carbocycles. The van der Waals surface area contributed by atoms with Gasteiger partial charge >= 0.3 is 0 Å². The first-order valence-electron chi connectivity index (χ1n) is 18.6. The third-order valence-electron chi connectivity index (χ3n) is 11.1. The quantitative estimate of drug-likeness (QED) is 0.133. The second-order valence-corrected chi connectivity index (χ2v) is 14.8. The number of benzene rings is 6. The van der Waals surface area contributed by atoms with E-state index in [4.69, 9.17) is 9.47 Å². The van der Waals surface area contributed by atoms with Crippen LogP contribution in [-0.4, -0.2) is 6.79 Å². The number of hydrogen-bond acceptors (Lipinski definition) is 4. The molecule has 0 bridgehead atoms. The minimum atomic E-state index is 0.0807. The largest absolute Gasteiger partial charge is 0.457 e. The van der Waals surface area contributed by atoms with Crippen LogP contribution in [0.5, 0.6) is 11.5 Å². The van der Waals surface area contributed by atoms with Gasteiger partial charge in [-0.25, -0.2) is 0 Å². The van der Waals surface area contributed by atoms with Gasteiger partial charge < -0.3 is 19.3 Å². The average molecular weight is 703 g/mol. The van der Waals surface area contributed by atoms with Gasteiger partial charge in [0.15, 0.2) is 0 Å². The zero-order valence-corrected chi connectivity index (χ0v) is 33.7. The van der Waals surface area contributed by atoms with Crippen molar-refractivity contribution in [2.24, 2.45) is 0 Å². The molecule has 6 rings (SSSR count). The van der Waals surface area contributed by atoms with Crippen molar-refractivity contribution in [2.75, 3.05) is 16.6 Å². The standard InChI is InChI=1S/C49H54N2O2/c1-30-13-21-42(22-14-30)50(43-23-15-31(2)16-24-43)46-36(7)34(5)38(9)48(40(46)11)52-29-53-49-39(10)35(6)37(8)47(41(49)12)51(44-25-17-32(3)18-26-44)45-27-19-33(4)20-28-45/h13-28H,29H2,1-12H3. The summed E-state index contributed by atoms with van der Waals surface area (Å²) < 4.78 is 13.4. The highest BCUT2D eigenvalue weighted by atomic mass is 16.7. The first kappa shape index (κ1) is 37.3. The molecule has 0 aliphatic rings. The minimum Gasteiger partial charge on any atom is -0.457 e. The zero-order chi connectivity index (χ0) is 38.1. The normalized spacial score (nSPS) is 11.1. The summed E-state index contributed by atoms with van der Waals surface area (Å²) in [6.45, 7) is 26.1. The van der Waals surface area contributed by atoms with Gasteiger partial charge in [-0.1, -0.05) is 70.8 Å². The van der Waals surface area contributed by atoms with Crippen LogP contribution in [0.15, 0.2) is 97.1 Å². The fourth-order valence-electron chi connectivity index (χ4n) is 7.44. The highest BCUT2D eigenvalue weighted by molar-refractivity contribution is 5.85. The van der Waals surface area contributed by atoms with E-state index in [0.29, 0.717) is 0 Å². The summed E-state index contributed by atoms with van der Waals surface area (Å²) in [6.07, 6.45) is 0. The Hall–Kier alpha value is -5.48. The van der Waals surface area contributed by atoms with Gasteiger partial charge in [0, 0.05) is 33.9 Å². The van der Waals surface area contributed by atoms with E-state index in [1.165, 1.54) is 44.5 Å². The van der Waals surface area contributed by atoms with Crippen molar-refractivity contribution in [3.63, 3.8) is 0 Å². The molecule has 53 heavy (non-hydrogen) atoms. The monoisotopic (exact) mass is 702 g/mol. The van der Waals surface area contributed by atoms with Gasteiger partial charge in [-0.15, -0.1) is 0 Å². The maximum Gasteiger partial charge on any atom is 0.230 e. The summed E-state index contributed by atoms with van der Waals surface area (Å²) in [5, 5.41) is 0. The van der Waals surface area contributed by atoms with Gasteiger partial charge in [0.1, 0.15) is 11.5 Å². The Kier molecular flexibility index (Phi) is 10.7. The molecule has 0 heterocycles. The van der Waals surface area contributed by atoms with Gasteiger partial charge in [0.05, 0.1) is 11.4 Å². The first-order valence-corrected chi connectivity index (χ1v) is 18.6. The lowest BCUT2D eigenvalue weighted by Crippen LogP contribution is -2.18. The lowest BCUT2D eigenvalue weighted by molar-refractivity contribution is 0.117. The minimum absolute atomic E-state index is 0.0807. The Morgan fingerprint density at radius 1 is 0.302 bits per heavy atom. The number of nitrogens with zero attached hydrogens (tertiary/aromatic N) is 2. The van der Waals surface area contributed by atoms with Crippen LogP contribution in [0.25, 0.3) is 0 Å². The second-order valence-electron chi connectivity index (χ2n) is 14.8. The Morgan fingerprint density at radius 3 is 0.792 bits per heavy atom. The molecular weight excluding hydrogens is 649 g/mol. The SMILES string of the molecule is Cc1ccc(N(c2ccc(C)cc2)c2c(C)c(C)c(C)c(OCOc3c(C)c(C)c(C)c(N(c4ccc(C)cc4)c4ccc(C)cc4)c3C)c2C)cc1. The molecule has 0 N–H and O–H groups in total. The summed E-state index contributed by atoms with van der Waals surface area (Å²) in [5.74, 6) is 1.71. The Labute approximate surface area is 317 Å². The van der Waals surface area contributed by atoms with Crippen LogP contribution in [0.4, 0.5) is 34.1 Å². The molecule has 0 atom stereocenters.